The van der Waals surface area contributed by atoms with Crippen LogP contribution in [-0.2, 0) is 0 Å². The molecule has 0 amide bonds. The van der Waals surface area contributed by atoms with Crippen molar-refractivity contribution < 1.29 is 9.50 Å². The third kappa shape index (κ3) is 2.67. The van der Waals surface area contributed by atoms with Gasteiger partial charge in [-0.3, -0.25) is 4.90 Å². The van der Waals surface area contributed by atoms with E-state index < -0.39 is 0 Å². The first-order chi connectivity index (χ1) is 11.6. The summed E-state index contributed by atoms with van der Waals surface area (Å²) in [6, 6.07) is 6.44. The number of aromatic hydroxyl groups is 1. The highest BCUT2D eigenvalue weighted by Crippen LogP contribution is 2.41. The SMILES string of the molecule is CC1CCCN(C(c2ccc(F)cc2)c2sc3ncnn3c2O)C1. The summed E-state index contributed by atoms with van der Waals surface area (Å²) in [7, 11) is 0. The number of hydrogen-bond acceptors (Lipinski definition) is 5. The lowest BCUT2D eigenvalue weighted by molar-refractivity contribution is 0.149. The molecule has 0 radical (unpaired) electrons. The second-order valence-electron chi connectivity index (χ2n) is 6.44. The maximum Gasteiger partial charge on any atom is 0.230 e. The minimum absolute atomic E-state index is 0.109. The van der Waals surface area contributed by atoms with Gasteiger partial charge in [0.1, 0.15) is 12.1 Å². The van der Waals surface area contributed by atoms with E-state index in [9.17, 15) is 9.50 Å². The molecule has 1 N–H and O–H groups in total. The summed E-state index contributed by atoms with van der Waals surface area (Å²) in [5.74, 6) is 0.474. The minimum Gasteiger partial charge on any atom is -0.492 e. The molecular weight excluding hydrogens is 327 g/mol. The number of piperidine rings is 1. The van der Waals surface area contributed by atoms with Gasteiger partial charge in [-0.1, -0.05) is 30.4 Å². The average molecular weight is 346 g/mol. The fourth-order valence-electron chi connectivity index (χ4n) is 3.51. The second-order valence-corrected chi connectivity index (χ2v) is 7.45. The zero-order chi connectivity index (χ0) is 16.7. The maximum atomic E-state index is 13.4. The van der Waals surface area contributed by atoms with Gasteiger partial charge in [-0.15, -0.1) is 0 Å². The van der Waals surface area contributed by atoms with Gasteiger partial charge < -0.3 is 5.11 Å². The maximum absolute atomic E-state index is 13.4. The number of thiazole rings is 1. The summed E-state index contributed by atoms with van der Waals surface area (Å²) < 4.78 is 14.8. The largest absolute Gasteiger partial charge is 0.492 e. The zero-order valence-electron chi connectivity index (χ0n) is 13.4. The molecule has 2 unspecified atom stereocenters. The summed E-state index contributed by atoms with van der Waals surface area (Å²) in [6.07, 6.45) is 3.78. The third-order valence-electron chi connectivity index (χ3n) is 4.63. The van der Waals surface area contributed by atoms with Gasteiger partial charge in [0.15, 0.2) is 0 Å². The van der Waals surface area contributed by atoms with E-state index in [4.69, 9.17) is 0 Å². The second kappa shape index (κ2) is 6.14. The summed E-state index contributed by atoms with van der Waals surface area (Å²) in [4.78, 5) is 8.03. The van der Waals surface area contributed by atoms with Gasteiger partial charge in [0.2, 0.25) is 10.8 Å². The number of aromatic nitrogens is 3. The number of likely N-dealkylation sites (tertiary alicyclic amines) is 1. The first kappa shape index (κ1) is 15.5. The van der Waals surface area contributed by atoms with Crippen molar-refractivity contribution in [2.75, 3.05) is 13.1 Å². The molecule has 24 heavy (non-hydrogen) atoms. The van der Waals surface area contributed by atoms with Gasteiger partial charge in [0.25, 0.3) is 0 Å². The normalized spacial score (nSPS) is 20.5. The van der Waals surface area contributed by atoms with Crippen molar-refractivity contribution in [3.8, 4) is 5.88 Å². The Bertz CT molecular complexity index is 844. The summed E-state index contributed by atoms with van der Waals surface area (Å²) in [6.45, 7) is 4.16. The highest BCUT2D eigenvalue weighted by atomic mass is 32.1. The molecule has 1 aliphatic rings. The van der Waals surface area contributed by atoms with Crippen LogP contribution < -0.4 is 0 Å². The van der Waals surface area contributed by atoms with Crippen LogP contribution in [0.3, 0.4) is 0 Å². The summed E-state index contributed by atoms with van der Waals surface area (Å²) in [5, 5.41) is 14.7. The van der Waals surface area contributed by atoms with Gasteiger partial charge in [-0.2, -0.15) is 9.61 Å². The van der Waals surface area contributed by atoms with Crippen molar-refractivity contribution in [2.24, 2.45) is 5.92 Å². The Morgan fingerprint density at radius 1 is 1.33 bits per heavy atom. The molecule has 3 heterocycles. The fraction of sp³-hybridized carbons (Fsp3) is 0.412. The standard InChI is InChI=1S/C17H19FN4OS/c1-11-3-2-8-21(9-11)14(12-4-6-13(18)7-5-12)15-16(23)22-17(24-15)19-10-20-22/h4-7,10-11,14,23H,2-3,8-9H2,1H3. The number of nitrogens with zero attached hydrogens (tertiary/aromatic N) is 4. The Balaban J connectivity index is 1.81. The van der Waals surface area contributed by atoms with Crippen LogP contribution in [0.2, 0.25) is 0 Å². The van der Waals surface area contributed by atoms with Gasteiger partial charge >= 0.3 is 0 Å². The van der Waals surface area contributed by atoms with Crippen LogP contribution in [0.1, 0.15) is 36.2 Å². The molecule has 0 bridgehead atoms. The lowest BCUT2D eigenvalue weighted by atomic mass is 9.95. The Hall–Kier alpha value is -1.99. The molecule has 126 valence electrons. The molecule has 3 aromatic rings. The third-order valence-corrected chi connectivity index (χ3v) is 5.71. The molecule has 0 aliphatic carbocycles. The Kier molecular flexibility index (Phi) is 3.97. The molecule has 7 heteroatoms. The Labute approximate surface area is 143 Å². The quantitative estimate of drug-likeness (QED) is 0.789. The molecule has 2 atom stereocenters. The number of hydrogen-bond donors (Lipinski definition) is 1. The average Bonchev–Trinajstić information content (AvgIpc) is 3.14. The molecule has 2 aromatic heterocycles. The van der Waals surface area contributed by atoms with E-state index in [1.807, 2.05) is 0 Å². The molecule has 1 aromatic carbocycles. The van der Waals surface area contributed by atoms with Crippen LogP contribution >= 0.6 is 11.3 Å². The predicted molar refractivity (Wildman–Crippen MR) is 90.7 cm³/mol. The minimum atomic E-state index is -0.253. The zero-order valence-corrected chi connectivity index (χ0v) is 14.2. The Morgan fingerprint density at radius 2 is 2.12 bits per heavy atom. The van der Waals surface area contributed by atoms with Crippen molar-refractivity contribution in [3.63, 3.8) is 0 Å². The van der Waals surface area contributed by atoms with E-state index >= 15 is 0 Å². The van der Waals surface area contributed by atoms with Gasteiger partial charge in [0, 0.05) is 6.54 Å². The van der Waals surface area contributed by atoms with E-state index in [0.717, 1.165) is 30.0 Å². The monoisotopic (exact) mass is 346 g/mol. The predicted octanol–water partition coefficient (Wildman–Crippen LogP) is 3.46. The molecule has 4 rings (SSSR count). The summed E-state index contributed by atoms with van der Waals surface area (Å²) >= 11 is 1.44. The van der Waals surface area contributed by atoms with Gasteiger partial charge in [-0.05, 0) is 43.0 Å². The van der Waals surface area contributed by atoms with E-state index in [2.05, 4.69) is 21.9 Å². The number of benzene rings is 1. The van der Waals surface area contributed by atoms with Crippen molar-refractivity contribution >= 4 is 16.3 Å². The van der Waals surface area contributed by atoms with Crippen LogP contribution in [0, 0.1) is 11.7 Å². The smallest absolute Gasteiger partial charge is 0.230 e. The number of fused-ring (bicyclic) bond motifs is 1. The van der Waals surface area contributed by atoms with E-state index in [0.29, 0.717) is 10.9 Å². The Morgan fingerprint density at radius 3 is 2.83 bits per heavy atom. The number of halogens is 1. The van der Waals surface area contributed by atoms with Crippen LogP contribution in [0.5, 0.6) is 5.88 Å². The van der Waals surface area contributed by atoms with Crippen LogP contribution in [-0.4, -0.2) is 37.7 Å². The van der Waals surface area contributed by atoms with E-state index in [1.165, 1.54) is 40.7 Å². The van der Waals surface area contributed by atoms with Gasteiger partial charge in [0.05, 0.1) is 10.9 Å². The van der Waals surface area contributed by atoms with Crippen molar-refractivity contribution in [1.82, 2.24) is 19.5 Å². The molecule has 1 fully saturated rings. The molecule has 5 nitrogen and oxygen atoms in total. The van der Waals surface area contributed by atoms with Crippen molar-refractivity contribution in [2.45, 2.75) is 25.8 Å². The van der Waals surface area contributed by atoms with Gasteiger partial charge in [-0.25, -0.2) is 9.37 Å². The lowest BCUT2D eigenvalue weighted by Crippen LogP contribution is -2.37. The van der Waals surface area contributed by atoms with E-state index in [-0.39, 0.29) is 17.7 Å². The van der Waals surface area contributed by atoms with Crippen molar-refractivity contribution in [1.29, 1.82) is 0 Å². The van der Waals surface area contributed by atoms with Crippen LogP contribution in [0.25, 0.3) is 4.96 Å². The highest BCUT2D eigenvalue weighted by molar-refractivity contribution is 7.17. The molecule has 0 spiro atoms. The molecule has 1 saturated heterocycles. The first-order valence-corrected chi connectivity index (χ1v) is 8.96. The molecule has 1 aliphatic heterocycles. The highest BCUT2D eigenvalue weighted by Gasteiger charge is 2.31. The molecule has 0 saturated carbocycles. The van der Waals surface area contributed by atoms with Crippen LogP contribution in [0.4, 0.5) is 4.39 Å². The van der Waals surface area contributed by atoms with Crippen molar-refractivity contribution in [3.05, 3.63) is 46.9 Å². The van der Waals surface area contributed by atoms with Crippen LogP contribution in [0.15, 0.2) is 30.6 Å². The lowest BCUT2D eigenvalue weighted by Gasteiger charge is -2.37. The topological polar surface area (TPSA) is 53.7 Å². The van der Waals surface area contributed by atoms with E-state index in [1.54, 1.807) is 12.1 Å². The fourth-order valence-corrected chi connectivity index (χ4v) is 4.60. The molecular formula is C17H19FN4OS. The number of rotatable bonds is 3. The first-order valence-electron chi connectivity index (χ1n) is 8.14. The summed E-state index contributed by atoms with van der Waals surface area (Å²) in [5.41, 5.74) is 0.977.